The summed E-state index contributed by atoms with van der Waals surface area (Å²) >= 11 is 2.25. The molecule has 0 saturated heterocycles. The number of rotatable bonds is 7. The number of carbonyl (C=O) groups excluding carboxylic acids is 1. The molecule has 3 heterocycles. The topological polar surface area (TPSA) is 90.1 Å². The molecule has 1 N–H and O–H groups in total. The maximum atomic E-state index is 10.8. The second-order valence-corrected chi connectivity index (χ2v) is 8.35. The number of ether oxygens (including phenoxy) is 1. The lowest BCUT2D eigenvalue weighted by atomic mass is 10.2. The largest absolute Gasteiger partial charge is 0.488 e. The zero-order valence-corrected chi connectivity index (χ0v) is 19.4. The molecule has 5 aromatic rings. The second kappa shape index (κ2) is 9.37. The van der Waals surface area contributed by atoms with Gasteiger partial charge in [0, 0.05) is 17.3 Å². The molecule has 0 radical (unpaired) electrons. The van der Waals surface area contributed by atoms with Gasteiger partial charge < -0.3 is 14.5 Å². The Balaban J connectivity index is 1.30. The van der Waals surface area contributed by atoms with Crippen LogP contribution in [0.2, 0.25) is 0 Å². The van der Waals surface area contributed by atoms with Gasteiger partial charge in [0.25, 0.3) is 0 Å². The normalized spacial score (nSPS) is 10.8. The maximum Gasteiger partial charge on any atom is 0.227 e. The maximum absolute atomic E-state index is 10.8. The molecule has 3 aromatic heterocycles. The van der Waals surface area contributed by atoms with Gasteiger partial charge in [-0.05, 0) is 64.6 Å². The summed E-state index contributed by atoms with van der Waals surface area (Å²) in [7, 11) is 0. The highest BCUT2D eigenvalue weighted by Crippen LogP contribution is 2.27. The monoisotopic (exact) mass is 548 g/mol. The molecule has 2 aromatic carbocycles. The van der Waals surface area contributed by atoms with Gasteiger partial charge in [-0.2, -0.15) is 0 Å². The van der Waals surface area contributed by atoms with Gasteiger partial charge in [0.05, 0.1) is 15.3 Å². The highest BCUT2D eigenvalue weighted by molar-refractivity contribution is 14.1. The van der Waals surface area contributed by atoms with Crippen molar-refractivity contribution in [1.82, 2.24) is 15.0 Å². The third kappa shape index (κ3) is 4.85. The third-order valence-electron chi connectivity index (χ3n) is 4.89. The molecular weight excluding hydrogens is 531 g/mol. The van der Waals surface area contributed by atoms with Gasteiger partial charge in [-0.1, -0.05) is 30.3 Å². The zero-order valence-electron chi connectivity index (χ0n) is 17.2. The molecule has 0 spiro atoms. The lowest BCUT2D eigenvalue weighted by Gasteiger charge is -2.11. The number of hydrogen-bond acceptors (Lipinski definition) is 7. The summed E-state index contributed by atoms with van der Waals surface area (Å²) in [5.74, 6) is 2.06. The molecule has 0 amide bonds. The molecule has 162 valence electrons. The van der Waals surface area contributed by atoms with E-state index in [0.29, 0.717) is 35.8 Å². The number of nitrogens with one attached hydrogen (secondary N) is 1. The number of aldehydes is 1. The first kappa shape index (κ1) is 21.1. The van der Waals surface area contributed by atoms with E-state index in [0.717, 1.165) is 26.0 Å². The van der Waals surface area contributed by atoms with E-state index in [4.69, 9.17) is 9.15 Å². The standard InChI is InChI=1S/C25H17IN4O3/c26-20-11-18(6-8-23(20)32-15-16-4-2-1-3-5-16)29-25-28-12-17-10-21(27-13-22(17)30-25)24-9-7-19(14-31)33-24/h1-14H,15H2,(H,28,29,30). The van der Waals surface area contributed by atoms with Crippen molar-refractivity contribution in [3.63, 3.8) is 0 Å². The van der Waals surface area contributed by atoms with Crippen molar-refractivity contribution in [2.24, 2.45) is 0 Å². The van der Waals surface area contributed by atoms with E-state index in [1.54, 1.807) is 24.5 Å². The molecule has 0 aliphatic carbocycles. The summed E-state index contributed by atoms with van der Waals surface area (Å²) in [4.78, 5) is 24.2. The summed E-state index contributed by atoms with van der Waals surface area (Å²) in [6, 6.07) is 21.0. The van der Waals surface area contributed by atoms with E-state index in [1.807, 2.05) is 54.6 Å². The molecular formula is C25H17IN4O3. The number of halogens is 1. The molecule has 7 nitrogen and oxygen atoms in total. The first-order valence-electron chi connectivity index (χ1n) is 10.1. The van der Waals surface area contributed by atoms with E-state index >= 15 is 0 Å². The van der Waals surface area contributed by atoms with Gasteiger partial charge in [-0.25, -0.2) is 9.97 Å². The second-order valence-electron chi connectivity index (χ2n) is 7.19. The molecule has 0 saturated carbocycles. The first-order chi connectivity index (χ1) is 16.2. The predicted molar refractivity (Wildman–Crippen MR) is 134 cm³/mol. The van der Waals surface area contributed by atoms with Crippen LogP contribution in [0.15, 0.2) is 83.5 Å². The number of aromatic nitrogens is 3. The number of furan rings is 1. The van der Waals surface area contributed by atoms with Crippen molar-refractivity contribution in [2.75, 3.05) is 5.32 Å². The van der Waals surface area contributed by atoms with Crippen LogP contribution in [0.25, 0.3) is 22.4 Å². The summed E-state index contributed by atoms with van der Waals surface area (Å²) < 4.78 is 12.4. The first-order valence-corrected chi connectivity index (χ1v) is 11.2. The Bertz CT molecular complexity index is 1440. The predicted octanol–water partition coefficient (Wildman–Crippen LogP) is 6.02. The molecule has 0 bridgehead atoms. The van der Waals surface area contributed by atoms with Crippen LogP contribution in [0.4, 0.5) is 11.6 Å². The fourth-order valence-corrected chi connectivity index (χ4v) is 3.91. The number of benzene rings is 2. The van der Waals surface area contributed by atoms with Crippen LogP contribution in [0.5, 0.6) is 5.75 Å². The summed E-state index contributed by atoms with van der Waals surface area (Å²) in [5, 5.41) is 4.04. The molecule has 8 heteroatoms. The summed E-state index contributed by atoms with van der Waals surface area (Å²) in [5.41, 5.74) is 3.27. The van der Waals surface area contributed by atoms with E-state index < -0.39 is 0 Å². The number of nitrogens with zero attached hydrogens (tertiary/aromatic N) is 3. The van der Waals surface area contributed by atoms with Crippen LogP contribution in [0.3, 0.4) is 0 Å². The Hall–Kier alpha value is -3.79. The zero-order chi connectivity index (χ0) is 22.6. The minimum Gasteiger partial charge on any atom is -0.488 e. The molecule has 0 aliphatic heterocycles. The molecule has 0 fully saturated rings. The van der Waals surface area contributed by atoms with Gasteiger partial charge in [-0.15, -0.1) is 0 Å². The van der Waals surface area contributed by atoms with Crippen LogP contribution in [0, 0.1) is 3.57 Å². The summed E-state index contributed by atoms with van der Waals surface area (Å²) in [6.45, 7) is 0.515. The van der Waals surface area contributed by atoms with Crippen molar-refractivity contribution in [3.8, 4) is 17.2 Å². The van der Waals surface area contributed by atoms with E-state index in [2.05, 4.69) is 42.9 Å². The molecule has 0 atom stereocenters. The molecule has 0 unspecified atom stereocenters. The van der Waals surface area contributed by atoms with Crippen molar-refractivity contribution < 1.29 is 13.9 Å². The van der Waals surface area contributed by atoms with Crippen LogP contribution in [-0.2, 0) is 6.61 Å². The third-order valence-corrected chi connectivity index (χ3v) is 5.73. The van der Waals surface area contributed by atoms with E-state index in [9.17, 15) is 4.79 Å². The molecule has 0 aliphatic rings. The summed E-state index contributed by atoms with van der Waals surface area (Å²) in [6.07, 6.45) is 4.04. The Kier molecular flexibility index (Phi) is 5.99. The van der Waals surface area contributed by atoms with E-state index in [-0.39, 0.29) is 5.76 Å². The highest BCUT2D eigenvalue weighted by Gasteiger charge is 2.09. The Morgan fingerprint density at radius 2 is 1.88 bits per heavy atom. The van der Waals surface area contributed by atoms with Crippen LogP contribution < -0.4 is 10.1 Å². The minimum absolute atomic E-state index is 0.258. The fourth-order valence-electron chi connectivity index (χ4n) is 3.24. The molecule has 33 heavy (non-hydrogen) atoms. The molecule has 5 rings (SSSR count). The quantitative estimate of drug-likeness (QED) is 0.196. The van der Waals surface area contributed by atoms with Crippen molar-refractivity contribution in [1.29, 1.82) is 0 Å². The van der Waals surface area contributed by atoms with Gasteiger partial charge in [0.2, 0.25) is 5.95 Å². The van der Waals surface area contributed by atoms with Gasteiger partial charge in [0.1, 0.15) is 18.1 Å². The average molecular weight is 548 g/mol. The SMILES string of the molecule is O=Cc1ccc(-c2cc3cnc(Nc4ccc(OCc5ccccc5)c(I)c4)nc3cn2)o1. The highest BCUT2D eigenvalue weighted by atomic mass is 127. The number of hydrogen-bond donors (Lipinski definition) is 1. The number of pyridine rings is 1. The number of fused-ring (bicyclic) bond motifs is 1. The average Bonchev–Trinajstić information content (AvgIpc) is 3.33. The van der Waals surface area contributed by atoms with Gasteiger partial charge >= 0.3 is 0 Å². The Morgan fingerprint density at radius 1 is 1.00 bits per heavy atom. The van der Waals surface area contributed by atoms with Crippen molar-refractivity contribution >= 4 is 51.4 Å². The minimum atomic E-state index is 0.258. The van der Waals surface area contributed by atoms with Crippen LogP contribution >= 0.6 is 22.6 Å². The lowest BCUT2D eigenvalue weighted by Crippen LogP contribution is -2.00. The Labute approximate surface area is 203 Å². The number of anilines is 2. The fraction of sp³-hybridized carbons (Fsp3) is 0.0400. The Morgan fingerprint density at radius 3 is 2.67 bits per heavy atom. The van der Waals surface area contributed by atoms with E-state index in [1.165, 1.54) is 0 Å². The van der Waals surface area contributed by atoms with Crippen molar-refractivity contribution in [3.05, 3.63) is 94.0 Å². The van der Waals surface area contributed by atoms with Gasteiger partial charge in [0.15, 0.2) is 17.8 Å². The van der Waals surface area contributed by atoms with Crippen LogP contribution in [-0.4, -0.2) is 21.2 Å². The van der Waals surface area contributed by atoms with Crippen LogP contribution in [0.1, 0.15) is 16.1 Å². The van der Waals surface area contributed by atoms with Crippen molar-refractivity contribution in [2.45, 2.75) is 6.61 Å². The lowest BCUT2D eigenvalue weighted by molar-refractivity contribution is 0.110. The smallest absolute Gasteiger partial charge is 0.227 e. The number of carbonyl (C=O) groups is 1. The van der Waals surface area contributed by atoms with Gasteiger partial charge in [-0.3, -0.25) is 9.78 Å².